The molecule has 1 amide bonds. The molecule has 11 heavy (non-hydrogen) atoms. The van der Waals surface area contributed by atoms with Crippen molar-refractivity contribution in [3.8, 4) is 0 Å². The summed E-state index contributed by atoms with van der Waals surface area (Å²) < 4.78 is 0. The number of hydrogen-bond acceptors (Lipinski definition) is 1. The van der Waals surface area contributed by atoms with Gasteiger partial charge in [-0.3, -0.25) is 4.79 Å². The number of carbonyl (C=O) groups excluding carboxylic acids is 1. The molecule has 0 aromatic rings. The van der Waals surface area contributed by atoms with E-state index in [0.29, 0.717) is 0 Å². The Morgan fingerprint density at radius 2 is 2.00 bits per heavy atom. The Hall–Kier alpha value is -0.530. The molecule has 2 nitrogen and oxygen atoms in total. The quantitative estimate of drug-likeness (QED) is 0.661. The van der Waals surface area contributed by atoms with Crippen molar-refractivity contribution in [2.75, 3.05) is 0 Å². The summed E-state index contributed by atoms with van der Waals surface area (Å²) in [4.78, 5) is 11.1. The van der Waals surface area contributed by atoms with Crippen molar-refractivity contribution in [1.82, 2.24) is 5.32 Å². The molecular formula is C9H18NO. The topological polar surface area (TPSA) is 29.1 Å². The highest BCUT2D eigenvalue weighted by atomic mass is 16.1. The fourth-order valence-corrected chi connectivity index (χ4v) is 0.658. The average Bonchev–Trinajstić information content (AvgIpc) is 1.87. The third-order valence-corrected chi connectivity index (χ3v) is 1.73. The average molecular weight is 156 g/mol. The Bertz CT molecular complexity index is 130. The molecule has 2 heteroatoms. The molecule has 0 saturated heterocycles. The van der Waals surface area contributed by atoms with Crippen LogP contribution in [-0.4, -0.2) is 11.4 Å². The number of rotatable bonds is 4. The van der Waals surface area contributed by atoms with E-state index in [1.807, 2.05) is 20.8 Å². The van der Waals surface area contributed by atoms with Gasteiger partial charge in [0.25, 0.3) is 0 Å². The lowest BCUT2D eigenvalue weighted by Crippen LogP contribution is -2.42. The van der Waals surface area contributed by atoms with Crippen LogP contribution in [0.1, 0.15) is 40.5 Å². The van der Waals surface area contributed by atoms with Crippen molar-refractivity contribution in [2.24, 2.45) is 0 Å². The van der Waals surface area contributed by atoms with Crippen LogP contribution >= 0.6 is 0 Å². The summed E-state index contributed by atoms with van der Waals surface area (Å²) in [6.07, 6.45) is 3.42. The summed E-state index contributed by atoms with van der Waals surface area (Å²) in [5.74, 6) is 0.0411. The third kappa shape index (κ3) is 4.82. The van der Waals surface area contributed by atoms with Gasteiger partial charge in [-0.2, -0.15) is 0 Å². The van der Waals surface area contributed by atoms with Crippen LogP contribution in [0.2, 0.25) is 0 Å². The zero-order valence-corrected chi connectivity index (χ0v) is 7.90. The molecule has 0 aliphatic heterocycles. The molecule has 0 aromatic carbocycles. The molecule has 0 aliphatic rings. The van der Waals surface area contributed by atoms with Crippen molar-refractivity contribution < 1.29 is 4.79 Å². The lowest BCUT2D eigenvalue weighted by atomic mass is 10.0. The Balaban J connectivity index is 3.74. The van der Waals surface area contributed by atoms with E-state index in [2.05, 4.69) is 12.2 Å². The normalized spacial score (nSPS) is 11.3. The van der Waals surface area contributed by atoms with E-state index in [1.54, 1.807) is 6.42 Å². The van der Waals surface area contributed by atoms with E-state index >= 15 is 0 Å². The van der Waals surface area contributed by atoms with Crippen molar-refractivity contribution in [1.29, 1.82) is 0 Å². The first kappa shape index (κ1) is 10.5. The second-order valence-electron chi connectivity index (χ2n) is 3.34. The van der Waals surface area contributed by atoms with Gasteiger partial charge < -0.3 is 5.32 Å². The molecule has 1 radical (unpaired) electrons. The predicted octanol–water partition coefficient (Wildman–Crippen LogP) is 1.91. The van der Waals surface area contributed by atoms with Gasteiger partial charge in [0.15, 0.2) is 0 Å². The SMILES string of the molecule is CC[CH]C(=O)NC(C)(C)CC. The van der Waals surface area contributed by atoms with Crippen molar-refractivity contribution >= 4 is 5.91 Å². The number of nitrogens with one attached hydrogen (secondary N) is 1. The van der Waals surface area contributed by atoms with E-state index in [1.165, 1.54) is 0 Å². The highest BCUT2D eigenvalue weighted by molar-refractivity contribution is 5.85. The minimum atomic E-state index is -0.0667. The van der Waals surface area contributed by atoms with Gasteiger partial charge in [-0.15, -0.1) is 0 Å². The molecule has 65 valence electrons. The van der Waals surface area contributed by atoms with Gasteiger partial charge in [0.2, 0.25) is 5.91 Å². The lowest BCUT2D eigenvalue weighted by molar-refractivity contribution is -0.119. The van der Waals surface area contributed by atoms with E-state index in [9.17, 15) is 4.79 Å². The van der Waals surface area contributed by atoms with Gasteiger partial charge >= 0.3 is 0 Å². The Labute approximate surface area is 69.4 Å². The van der Waals surface area contributed by atoms with Crippen molar-refractivity contribution in [3.63, 3.8) is 0 Å². The van der Waals surface area contributed by atoms with Gasteiger partial charge in [-0.1, -0.05) is 13.8 Å². The van der Waals surface area contributed by atoms with Gasteiger partial charge in [0.1, 0.15) is 0 Å². The molecule has 0 aliphatic carbocycles. The maximum Gasteiger partial charge on any atom is 0.224 e. The van der Waals surface area contributed by atoms with Crippen LogP contribution in [0.3, 0.4) is 0 Å². The molecule has 1 N–H and O–H groups in total. The van der Waals surface area contributed by atoms with Crippen molar-refractivity contribution in [2.45, 2.75) is 46.1 Å². The number of carbonyl (C=O) groups is 1. The minimum Gasteiger partial charge on any atom is -0.351 e. The Kier molecular flexibility index (Phi) is 4.16. The summed E-state index contributed by atoms with van der Waals surface area (Å²) in [5.41, 5.74) is -0.0667. The molecule has 0 rings (SSSR count). The third-order valence-electron chi connectivity index (χ3n) is 1.73. The van der Waals surface area contributed by atoms with Crippen LogP contribution in [0, 0.1) is 6.42 Å². The van der Waals surface area contributed by atoms with E-state index < -0.39 is 0 Å². The van der Waals surface area contributed by atoms with E-state index in [0.717, 1.165) is 12.8 Å². The molecule has 0 spiro atoms. The van der Waals surface area contributed by atoms with Gasteiger partial charge in [0, 0.05) is 12.0 Å². The summed E-state index contributed by atoms with van der Waals surface area (Å²) in [5, 5.41) is 2.91. The maximum atomic E-state index is 11.1. The Morgan fingerprint density at radius 1 is 1.45 bits per heavy atom. The summed E-state index contributed by atoms with van der Waals surface area (Å²) in [7, 11) is 0. The molecule has 0 aromatic heterocycles. The minimum absolute atomic E-state index is 0.0411. The van der Waals surface area contributed by atoms with Crippen LogP contribution in [-0.2, 0) is 4.79 Å². The van der Waals surface area contributed by atoms with Gasteiger partial charge in [-0.25, -0.2) is 0 Å². The highest BCUT2D eigenvalue weighted by Gasteiger charge is 2.16. The summed E-state index contributed by atoms with van der Waals surface area (Å²) in [6.45, 7) is 8.06. The van der Waals surface area contributed by atoms with E-state index in [-0.39, 0.29) is 11.4 Å². The lowest BCUT2D eigenvalue weighted by Gasteiger charge is -2.24. The standard InChI is InChI=1S/C9H18NO/c1-5-7-8(11)10-9(3,4)6-2/h7H,5-6H2,1-4H3,(H,10,11). The van der Waals surface area contributed by atoms with Crippen LogP contribution in [0.5, 0.6) is 0 Å². The zero-order valence-electron chi connectivity index (χ0n) is 7.90. The number of amides is 1. The first-order valence-electron chi connectivity index (χ1n) is 4.17. The van der Waals surface area contributed by atoms with Gasteiger partial charge in [-0.05, 0) is 26.7 Å². The highest BCUT2D eigenvalue weighted by Crippen LogP contribution is 2.06. The fraction of sp³-hybridized carbons (Fsp3) is 0.778. The van der Waals surface area contributed by atoms with Crippen LogP contribution in [0.25, 0.3) is 0 Å². The first-order valence-corrected chi connectivity index (χ1v) is 4.17. The van der Waals surface area contributed by atoms with Crippen LogP contribution < -0.4 is 5.32 Å². The largest absolute Gasteiger partial charge is 0.351 e. The molecule has 0 unspecified atom stereocenters. The van der Waals surface area contributed by atoms with Crippen molar-refractivity contribution in [3.05, 3.63) is 6.42 Å². The summed E-state index contributed by atoms with van der Waals surface area (Å²) in [6, 6.07) is 0. The molecule has 0 fully saturated rings. The molecule has 0 bridgehead atoms. The van der Waals surface area contributed by atoms with Gasteiger partial charge in [0.05, 0.1) is 0 Å². The maximum absolute atomic E-state index is 11.1. The van der Waals surface area contributed by atoms with Crippen LogP contribution in [0.4, 0.5) is 0 Å². The molecule has 0 heterocycles. The second kappa shape index (κ2) is 4.37. The zero-order chi connectivity index (χ0) is 8.91. The molecular weight excluding hydrogens is 138 g/mol. The Morgan fingerprint density at radius 3 is 2.36 bits per heavy atom. The monoisotopic (exact) mass is 156 g/mol. The number of hydrogen-bond donors (Lipinski definition) is 1. The molecule has 0 atom stereocenters. The van der Waals surface area contributed by atoms with Crippen LogP contribution in [0.15, 0.2) is 0 Å². The second-order valence-corrected chi connectivity index (χ2v) is 3.34. The fourth-order valence-electron chi connectivity index (χ4n) is 0.658. The predicted molar refractivity (Wildman–Crippen MR) is 47.1 cm³/mol. The molecule has 0 saturated carbocycles. The van der Waals surface area contributed by atoms with E-state index in [4.69, 9.17) is 0 Å². The smallest absolute Gasteiger partial charge is 0.224 e. The summed E-state index contributed by atoms with van der Waals surface area (Å²) >= 11 is 0. The first-order chi connectivity index (χ1) is 5.02.